The van der Waals surface area contributed by atoms with Crippen LogP contribution in [0.3, 0.4) is 0 Å². The molecular weight excluding hydrogens is 190 g/mol. The largest absolute Gasteiger partial charge is 0.497 e. The van der Waals surface area contributed by atoms with E-state index in [-0.39, 0.29) is 0 Å². The zero-order valence-electron chi connectivity index (χ0n) is 8.53. The summed E-state index contributed by atoms with van der Waals surface area (Å²) in [6, 6.07) is 7.93. The van der Waals surface area contributed by atoms with Crippen molar-refractivity contribution in [3.63, 3.8) is 0 Å². The van der Waals surface area contributed by atoms with Crippen LogP contribution in [0.4, 0.5) is 5.95 Å². The van der Waals surface area contributed by atoms with Crippen molar-refractivity contribution >= 4 is 5.95 Å². The van der Waals surface area contributed by atoms with Gasteiger partial charge in [-0.3, -0.25) is 0 Å². The predicted molar refractivity (Wildman–Crippen MR) is 58.8 cm³/mol. The Bertz CT molecular complexity index is 451. The fourth-order valence-electron chi connectivity index (χ4n) is 1.47. The normalized spacial score (nSPS) is 10.2. The lowest BCUT2D eigenvalue weighted by atomic mass is 10.1. The average molecular weight is 203 g/mol. The van der Waals surface area contributed by atoms with Gasteiger partial charge in [-0.05, 0) is 17.7 Å². The molecule has 0 bridgehead atoms. The molecule has 1 aromatic heterocycles. The maximum Gasteiger partial charge on any atom is 0.197 e. The number of nitrogens with zero attached hydrogens (tertiary/aromatic N) is 1. The lowest BCUT2D eigenvalue weighted by Crippen LogP contribution is -1.91. The van der Waals surface area contributed by atoms with E-state index in [9.17, 15) is 0 Å². The number of imidazole rings is 1. The summed E-state index contributed by atoms with van der Waals surface area (Å²) in [6.07, 6.45) is 2.52. The second-order valence-electron chi connectivity index (χ2n) is 3.32. The number of nitrogens with two attached hydrogens (primary N) is 1. The van der Waals surface area contributed by atoms with E-state index < -0.39 is 0 Å². The van der Waals surface area contributed by atoms with Crippen molar-refractivity contribution < 1.29 is 4.74 Å². The molecule has 2 aromatic rings. The standard InChI is InChI=1S/C11H13N3O/c1-15-10-4-2-3-8(6-10)5-9-7-13-11(12)14-9/h2-4,6-7H,5H2,1H3,(H3,12,13,14). The Morgan fingerprint density at radius 1 is 1.47 bits per heavy atom. The van der Waals surface area contributed by atoms with Gasteiger partial charge in [-0.15, -0.1) is 0 Å². The van der Waals surface area contributed by atoms with Crippen molar-refractivity contribution in [3.05, 3.63) is 41.7 Å². The van der Waals surface area contributed by atoms with Crippen LogP contribution < -0.4 is 10.5 Å². The highest BCUT2D eigenvalue weighted by atomic mass is 16.5. The molecule has 0 saturated heterocycles. The first kappa shape index (κ1) is 9.58. The van der Waals surface area contributed by atoms with Gasteiger partial charge in [0, 0.05) is 12.1 Å². The van der Waals surface area contributed by atoms with Crippen molar-refractivity contribution in [3.8, 4) is 5.75 Å². The van der Waals surface area contributed by atoms with Gasteiger partial charge in [-0.2, -0.15) is 0 Å². The van der Waals surface area contributed by atoms with E-state index >= 15 is 0 Å². The van der Waals surface area contributed by atoms with Crippen LogP contribution in [0.5, 0.6) is 5.75 Å². The molecule has 0 fully saturated rings. The van der Waals surface area contributed by atoms with Crippen LogP contribution in [0, 0.1) is 0 Å². The number of ether oxygens (including phenoxy) is 1. The van der Waals surface area contributed by atoms with Gasteiger partial charge >= 0.3 is 0 Å². The molecule has 0 radical (unpaired) electrons. The SMILES string of the molecule is COc1cccc(Cc2cnc(N)[nH]2)c1. The van der Waals surface area contributed by atoms with E-state index in [4.69, 9.17) is 10.5 Å². The first-order valence-electron chi connectivity index (χ1n) is 4.70. The van der Waals surface area contributed by atoms with Gasteiger partial charge in [-0.1, -0.05) is 12.1 Å². The number of rotatable bonds is 3. The Hall–Kier alpha value is -1.97. The number of nitrogens with one attached hydrogen (secondary N) is 1. The van der Waals surface area contributed by atoms with Gasteiger partial charge in [0.1, 0.15) is 5.75 Å². The molecule has 1 aromatic carbocycles. The van der Waals surface area contributed by atoms with Crippen LogP contribution in [0.15, 0.2) is 30.5 Å². The van der Waals surface area contributed by atoms with Crippen molar-refractivity contribution in [1.82, 2.24) is 9.97 Å². The second-order valence-corrected chi connectivity index (χ2v) is 3.32. The summed E-state index contributed by atoms with van der Waals surface area (Å²) in [6.45, 7) is 0. The highest BCUT2D eigenvalue weighted by molar-refractivity contribution is 5.31. The predicted octanol–water partition coefficient (Wildman–Crippen LogP) is 1.59. The summed E-state index contributed by atoms with van der Waals surface area (Å²) >= 11 is 0. The lowest BCUT2D eigenvalue weighted by molar-refractivity contribution is 0.414. The third-order valence-electron chi connectivity index (χ3n) is 2.18. The molecule has 0 spiro atoms. The second kappa shape index (κ2) is 4.04. The minimum absolute atomic E-state index is 0.452. The first-order valence-corrected chi connectivity index (χ1v) is 4.70. The maximum atomic E-state index is 5.50. The highest BCUT2D eigenvalue weighted by Crippen LogP contribution is 2.15. The highest BCUT2D eigenvalue weighted by Gasteiger charge is 2.00. The number of aromatic nitrogens is 2. The third-order valence-corrected chi connectivity index (χ3v) is 2.18. The molecule has 78 valence electrons. The number of nitrogen functional groups attached to an aromatic ring is 1. The Kier molecular flexibility index (Phi) is 2.58. The fraction of sp³-hybridized carbons (Fsp3) is 0.182. The number of methoxy groups -OCH3 is 1. The van der Waals surface area contributed by atoms with Crippen molar-refractivity contribution in [2.45, 2.75) is 6.42 Å². The van der Waals surface area contributed by atoms with E-state index in [1.54, 1.807) is 13.3 Å². The van der Waals surface area contributed by atoms with Gasteiger partial charge in [0.2, 0.25) is 0 Å². The Balaban J connectivity index is 2.16. The summed E-state index contributed by atoms with van der Waals surface area (Å²) in [4.78, 5) is 6.93. The minimum atomic E-state index is 0.452. The summed E-state index contributed by atoms with van der Waals surface area (Å²) in [5.74, 6) is 1.31. The fourth-order valence-corrected chi connectivity index (χ4v) is 1.47. The van der Waals surface area contributed by atoms with Gasteiger partial charge in [0.25, 0.3) is 0 Å². The van der Waals surface area contributed by atoms with Crippen LogP contribution in [0.2, 0.25) is 0 Å². The zero-order chi connectivity index (χ0) is 10.7. The average Bonchev–Trinajstić information content (AvgIpc) is 2.64. The van der Waals surface area contributed by atoms with E-state index in [2.05, 4.69) is 9.97 Å². The number of hydrogen-bond acceptors (Lipinski definition) is 3. The molecule has 0 atom stereocenters. The number of benzene rings is 1. The third kappa shape index (κ3) is 2.28. The molecule has 0 saturated carbocycles. The van der Waals surface area contributed by atoms with Crippen LogP contribution in [-0.2, 0) is 6.42 Å². The summed E-state index contributed by atoms with van der Waals surface area (Å²) in [5, 5.41) is 0. The quantitative estimate of drug-likeness (QED) is 0.796. The molecule has 2 rings (SSSR count). The van der Waals surface area contributed by atoms with Gasteiger partial charge in [-0.25, -0.2) is 4.98 Å². The zero-order valence-corrected chi connectivity index (χ0v) is 8.53. The number of hydrogen-bond donors (Lipinski definition) is 2. The lowest BCUT2D eigenvalue weighted by Gasteiger charge is -2.02. The molecule has 1 heterocycles. The van der Waals surface area contributed by atoms with E-state index in [0.717, 1.165) is 23.4 Å². The van der Waals surface area contributed by atoms with E-state index in [0.29, 0.717) is 5.95 Å². The summed E-state index contributed by atoms with van der Waals surface area (Å²) < 4.78 is 5.15. The Morgan fingerprint density at radius 3 is 3.00 bits per heavy atom. The smallest absolute Gasteiger partial charge is 0.197 e. The number of H-pyrrole nitrogens is 1. The van der Waals surface area contributed by atoms with Gasteiger partial charge in [0.05, 0.1) is 13.3 Å². The monoisotopic (exact) mass is 203 g/mol. The molecule has 0 amide bonds. The Morgan fingerprint density at radius 2 is 2.33 bits per heavy atom. The molecule has 0 aliphatic rings. The molecule has 4 nitrogen and oxygen atoms in total. The molecule has 0 aliphatic heterocycles. The van der Waals surface area contributed by atoms with Crippen molar-refractivity contribution in [2.24, 2.45) is 0 Å². The van der Waals surface area contributed by atoms with Gasteiger partial charge < -0.3 is 15.5 Å². The minimum Gasteiger partial charge on any atom is -0.497 e. The Labute approximate surface area is 88.1 Å². The number of aromatic amines is 1. The molecule has 0 unspecified atom stereocenters. The number of anilines is 1. The molecular formula is C11H13N3O. The van der Waals surface area contributed by atoms with Crippen molar-refractivity contribution in [1.29, 1.82) is 0 Å². The summed E-state index contributed by atoms with van der Waals surface area (Å²) in [7, 11) is 1.66. The van der Waals surface area contributed by atoms with Crippen LogP contribution >= 0.6 is 0 Å². The van der Waals surface area contributed by atoms with Crippen molar-refractivity contribution in [2.75, 3.05) is 12.8 Å². The maximum absolute atomic E-state index is 5.50. The van der Waals surface area contributed by atoms with Crippen LogP contribution in [-0.4, -0.2) is 17.1 Å². The van der Waals surface area contributed by atoms with Crippen LogP contribution in [0.1, 0.15) is 11.3 Å². The topological polar surface area (TPSA) is 63.9 Å². The molecule has 0 aliphatic carbocycles. The van der Waals surface area contributed by atoms with Crippen LogP contribution in [0.25, 0.3) is 0 Å². The first-order chi connectivity index (χ1) is 7.28. The van der Waals surface area contributed by atoms with Gasteiger partial charge in [0.15, 0.2) is 5.95 Å². The molecule has 15 heavy (non-hydrogen) atoms. The molecule has 4 heteroatoms. The van der Waals surface area contributed by atoms with E-state index in [1.807, 2.05) is 24.3 Å². The summed E-state index contributed by atoms with van der Waals surface area (Å²) in [5.41, 5.74) is 7.66. The van der Waals surface area contributed by atoms with E-state index in [1.165, 1.54) is 0 Å². The molecule has 3 N–H and O–H groups in total.